The summed E-state index contributed by atoms with van der Waals surface area (Å²) in [6.45, 7) is 1.86. The molecule has 0 unspecified atom stereocenters. The molecular weight excluding hydrogens is 348 g/mol. The Balaban J connectivity index is 2.36. The van der Waals surface area contributed by atoms with Gasteiger partial charge in [0.2, 0.25) is 0 Å². The van der Waals surface area contributed by atoms with Crippen molar-refractivity contribution >= 4 is 5.97 Å². The first-order chi connectivity index (χ1) is 13.1. The summed E-state index contributed by atoms with van der Waals surface area (Å²) in [5.41, 5.74) is -0.0469. The summed E-state index contributed by atoms with van der Waals surface area (Å²) >= 11 is 0. The Bertz CT molecular complexity index is 510. The van der Waals surface area contributed by atoms with E-state index in [0.29, 0.717) is 13.0 Å². The van der Waals surface area contributed by atoms with Crippen LogP contribution in [-0.2, 0) is 20.9 Å². The molecule has 1 rings (SSSR count). The third kappa shape index (κ3) is 9.22. The summed E-state index contributed by atoms with van der Waals surface area (Å²) in [5, 5.41) is 19.4. The number of hydrogen-bond donors (Lipinski definition) is 2. The second kappa shape index (κ2) is 13.5. The number of carbonyl (C=O) groups is 1. The minimum Gasteiger partial charge on any atom is -0.497 e. The Morgan fingerprint density at radius 2 is 1.67 bits per heavy atom. The topological polar surface area (TPSA) is 85.2 Å². The summed E-state index contributed by atoms with van der Waals surface area (Å²) < 4.78 is 16.0. The lowest BCUT2D eigenvalue weighted by atomic mass is 9.92. The van der Waals surface area contributed by atoms with Gasteiger partial charge in [0.15, 0.2) is 0 Å². The maximum Gasteiger partial charge on any atom is 0.305 e. The van der Waals surface area contributed by atoms with Gasteiger partial charge in [0, 0.05) is 6.42 Å². The van der Waals surface area contributed by atoms with Crippen molar-refractivity contribution in [2.45, 2.75) is 52.1 Å². The molecule has 0 bridgehead atoms. The summed E-state index contributed by atoms with van der Waals surface area (Å²) in [5.74, 6) is 0.466. The Labute approximate surface area is 162 Å². The number of carbonyl (C=O) groups excluding carboxylic acids is 1. The number of aliphatic hydroxyl groups excluding tert-OH is 2. The smallest absolute Gasteiger partial charge is 0.305 e. The van der Waals surface area contributed by atoms with E-state index in [2.05, 4.69) is 6.92 Å². The third-order valence-corrected chi connectivity index (χ3v) is 4.53. The average molecular weight is 382 g/mol. The molecule has 0 radical (unpaired) electrons. The summed E-state index contributed by atoms with van der Waals surface area (Å²) in [6.07, 6.45) is 5.65. The first-order valence-electron chi connectivity index (χ1n) is 9.67. The highest BCUT2D eigenvalue weighted by atomic mass is 16.5. The zero-order valence-corrected chi connectivity index (χ0v) is 16.6. The van der Waals surface area contributed by atoms with Crippen LogP contribution in [0.15, 0.2) is 24.3 Å². The molecule has 0 fully saturated rings. The number of aliphatic hydroxyl groups is 2. The molecule has 154 valence electrons. The van der Waals surface area contributed by atoms with E-state index in [1.54, 1.807) is 7.11 Å². The Morgan fingerprint density at radius 1 is 1.00 bits per heavy atom. The van der Waals surface area contributed by atoms with Crippen LogP contribution in [0.25, 0.3) is 0 Å². The van der Waals surface area contributed by atoms with Crippen molar-refractivity contribution in [3.8, 4) is 5.75 Å². The van der Waals surface area contributed by atoms with E-state index >= 15 is 0 Å². The number of ether oxygens (including phenoxy) is 3. The van der Waals surface area contributed by atoms with Crippen LogP contribution in [0.3, 0.4) is 0 Å². The van der Waals surface area contributed by atoms with Crippen LogP contribution in [0.1, 0.15) is 51.0 Å². The molecule has 0 saturated heterocycles. The number of methoxy groups -OCH3 is 1. The molecule has 0 heterocycles. The van der Waals surface area contributed by atoms with Gasteiger partial charge in [0.05, 0.1) is 39.0 Å². The van der Waals surface area contributed by atoms with Crippen LogP contribution in [0, 0.1) is 5.41 Å². The molecule has 27 heavy (non-hydrogen) atoms. The largest absolute Gasteiger partial charge is 0.497 e. The Morgan fingerprint density at radius 3 is 2.26 bits per heavy atom. The van der Waals surface area contributed by atoms with E-state index < -0.39 is 5.41 Å². The minimum atomic E-state index is -0.996. The van der Waals surface area contributed by atoms with E-state index in [0.717, 1.165) is 37.0 Å². The predicted octanol–water partition coefficient (Wildman–Crippen LogP) is 3.09. The van der Waals surface area contributed by atoms with Crippen molar-refractivity contribution in [2.75, 3.05) is 33.5 Å². The highest BCUT2D eigenvalue weighted by Crippen LogP contribution is 2.19. The van der Waals surface area contributed by atoms with Crippen molar-refractivity contribution in [1.82, 2.24) is 0 Å². The first kappa shape index (κ1) is 23.4. The van der Waals surface area contributed by atoms with Gasteiger partial charge in [0.1, 0.15) is 12.4 Å². The fraction of sp³-hybridized carbons (Fsp3) is 0.667. The standard InChI is InChI=1S/C21H34O6/c1-3-4-5-6-7-8-20(24)27-17-21(14-22,15-23)16-26-13-18-9-11-19(25-2)12-10-18/h9-12,22-23H,3-8,13-17H2,1-2H3. The molecule has 0 amide bonds. The van der Waals surface area contributed by atoms with Crippen LogP contribution in [0.5, 0.6) is 5.75 Å². The highest BCUT2D eigenvalue weighted by Gasteiger charge is 2.31. The van der Waals surface area contributed by atoms with E-state index in [1.807, 2.05) is 24.3 Å². The van der Waals surface area contributed by atoms with Gasteiger partial charge in [0.25, 0.3) is 0 Å². The molecule has 6 heteroatoms. The Kier molecular flexibility index (Phi) is 11.7. The van der Waals surface area contributed by atoms with Gasteiger partial charge >= 0.3 is 5.97 Å². The van der Waals surface area contributed by atoms with Gasteiger partial charge in [-0.1, -0.05) is 44.7 Å². The molecule has 6 nitrogen and oxygen atoms in total. The van der Waals surface area contributed by atoms with Crippen LogP contribution >= 0.6 is 0 Å². The number of esters is 1. The molecule has 0 aromatic heterocycles. The summed E-state index contributed by atoms with van der Waals surface area (Å²) in [4.78, 5) is 11.9. The van der Waals surface area contributed by atoms with Crippen molar-refractivity contribution in [2.24, 2.45) is 5.41 Å². The average Bonchev–Trinajstić information content (AvgIpc) is 2.71. The molecule has 0 spiro atoms. The monoisotopic (exact) mass is 382 g/mol. The van der Waals surface area contributed by atoms with E-state index in [4.69, 9.17) is 14.2 Å². The lowest BCUT2D eigenvalue weighted by Crippen LogP contribution is -2.40. The third-order valence-electron chi connectivity index (χ3n) is 4.53. The summed E-state index contributed by atoms with van der Waals surface area (Å²) in [7, 11) is 1.61. The highest BCUT2D eigenvalue weighted by molar-refractivity contribution is 5.69. The predicted molar refractivity (Wildman–Crippen MR) is 104 cm³/mol. The quantitative estimate of drug-likeness (QED) is 0.358. The molecule has 0 aliphatic rings. The molecule has 0 aliphatic carbocycles. The van der Waals surface area contributed by atoms with Crippen molar-refractivity contribution in [1.29, 1.82) is 0 Å². The van der Waals surface area contributed by atoms with Gasteiger partial charge in [-0.05, 0) is 24.1 Å². The second-order valence-corrected chi connectivity index (χ2v) is 6.98. The van der Waals surface area contributed by atoms with Gasteiger partial charge < -0.3 is 24.4 Å². The van der Waals surface area contributed by atoms with Crippen LogP contribution in [-0.4, -0.2) is 49.7 Å². The SMILES string of the molecule is CCCCCCCC(=O)OCC(CO)(CO)COCc1ccc(OC)cc1. The zero-order valence-electron chi connectivity index (χ0n) is 16.6. The van der Waals surface area contributed by atoms with E-state index in [1.165, 1.54) is 6.42 Å². The number of rotatable bonds is 15. The Hall–Kier alpha value is -1.63. The lowest BCUT2D eigenvalue weighted by molar-refractivity contribution is -0.153. The van der Waals surface area contributed by atoms with Crippen molar-refractivity contribution in [3.63, 3.8) is 0 Å². The second-order valence-electron chi connectivity index (χ2n) is 6.98. The van der Waals surface area contributed by atoms with Crippen LogP contribution in [0.2, 0.25) is 0 Å². The zero-order chi connectivity index (χ0) is 20.0. The number of benzene rings is 1. The van der Waals surface area contributed by atoms with E-state index in [9.17, 15) is 15.0 Å². The maximum atomic E-state index is 11.9. The van der Waals surface area contributed by atoms with Crippen molar-refractivity contribution < 1.29 is 29.2 Å². The maximum absolute atomic E-state index is 11.9. The molecule has 0 aliphatic heterocycles. The number of unbranched alkanes of at least 4 members (excludes halogenated alkanes) is 4. The summed E-state index contributed by atoms with van der Waals surface area (Å²) in [6, 6.07) is 7.45. The molecule has 2 N–H and O–H groups in total. The molecule has 1 aromatic carbocycles. The van der Waals surface area contributed by atoms with Crippen LogP contribution < -0.4 is 4.74 Å². The molecule has 0 saturated carbocycles. The van der Waals surface area contributed by atoms with Gasteiger partial charge in [-0.3, -0.25) is 4.79 Å². The minimum absolute atomic E-state index is 0.0591. The fourth-order valence-electron chi connectivity index (χ4n) is 2.56. The van der Waals surface area contributed by atoms with Crippen LogP contribution in [0.4, 0.5) is 0 Å². The molecule has 0 atom stereocenters. The normalized spacial score (nSPS) is 11.4. The fourth-order valence-corrected chi connectivity index (χ4v) is 2.56. The van der Waals surface area contributed by atoms with Gasteiger partial charge in [-0.2, -0.15) is 0 Å². The van der Waals surface area contributed by atoms with Crippen molar-refractivity contribution in [3.05, 3.63) is 29.8 Å². The van der Waals surface area contributed by atoms with Gasteiger partial charge in [-0.25, -0.2) is 0 Å². The lowest BCUT2D eigenvalue weighted by Gasteiger charge is -2.28. The first-order valence-corrected chi connectivity index (χ1v) is 9.67. The van der Waals surface area contributed by atoms with E-state index in [-0.39, 0.29) is 32.4 Å². The van der Waals surface area contributed by atoms with Gasteiger partial charge in [-0.15, -0.1) is 0 Å². The molecular formula is C21H34O6. The number of hydrogen-bond acceptors (Lipinski definition) is 6. The molecule has 1 aromatic rings.